The van der Waals surface area contributed by atoms with Gasteiger partial charge in [0.25, 0.3) is 0 Å². The fraction of sp³-hybridized carbons (Fsp3) is 0.538. The van der Waals surface area contributed by atoms with Crippen LogP contribution < -0.4 is 21.3 Å². The van der Waals surface area contributed by atoms with Crippen molar-refractivity contribution in [3.63, 3.8) is 0 Å². The fourth-order valence-corrected chi connectivity index (χ4v) is 2.53. The average molecular weight is 253 g/mol. The van der Waals surface area contributed by atoms with Gasteiger partial charge in [0.05, 0.1) is 13.3 Å². The second kappa shape index (κ2) is 5.65. The monoisotopic (exact) mass is 253 g/mol. The molecule has 1 aliphatic heterocycles. The second-order valence-corrected chi connectivity index (χ2v) is 4.63. The maximum Gasteiger partial charge on any atom is 0.165 e. The Morgan fingerprint density at radius 1 is 1.39 bits per heavy atom. The number of hydrogen-bond acceptors (Lipinski definition) is 4. The van der Waals surface area contributed by atoms with Crippen LogP contribution in [0, 0.1) is 5.82 Å². The van der Waals surface area contributed by atoms with Gasteiger partial charge < -0.3 is 10.5 Å². The van der Waals surface area contributed by atoms with Gasteiger partial charge in [0, 0.05) is 12.0 Å². The van der Waals surface area contributed by atoms with Crippen molar-refractivity contribution in [2.24, 2.45) is 5.73 Å². The first-order valence-corrected chi connectivity index (χ1v) is 6.27. The summed E-state index contributed by atoms with van der Waals surface area (Å²) in [6.45, 7) is 2.12. The van der Waals surface area contributed by atoms with Crippen molar-refractivity contribution in [1.82, 2.24) is 10.9 Å². The number of nitrogens with one attached hydrogen (secondary N) is 2. The number of hydrogen-bond donors (Lipinski definition) is 3. The van der Waals surface area contributed by atoms with Crippen LogP contribution in [0.2, 0.25) is 0 Å². The molecule has 1 saturated heterocycles. The lowest BCUT2D eigenvalue weighted by Gasteiger charge is -2.21. The van der Waals surface area contributed by atoms with Gasteiger partial charge in [-0.05, 0) is 24.1 Å². The predicted octanol–water partition coefficient (Wildman–Crippen LogP) is 1.48. The molecule has 4 nitrogen and oxygen atoms in total. The quantitative estimate of drug-likeness (QED) is 0.760. The number of hydrazine groups is 1. The molecule has 0 aliphatic carbocycles. The summed E-state index contributed by atoms with van der Waals surface area (Å²) in [4.78, 5) is 0. The van der Waals surface area contributed by atoms with Gasteiger partial charge >= 0.3 is 0 Å². The summed E-state index contributed by atoms with van der Waals surface area (Å²) in [5, 5.41) is 0. The van der Waals surface area contributed by atoms with E-state index in [0.29, 0.717) is 0 Å². The SMILES string of the molecule is CCCC1NNC(N)C1c1ccc(OC)c(F)c1. The molecule has 1 aliphatic rings. The molecule has 1 fully saturated rings. The zero-order chi connectivity index (χ0) is 13.1. The zero-order valence-electron chi connectivity index (χ0n) is 10.7. The Labute approximate surface area is 107 Å². The summed E-state index contributed by atoms with van der Waals surface area (Å²) >= 11 is 0. The molecule has 2 rings (SSSR count). The molecule has 4 N–H and O–H groups in total. The van der Waals surface area contributed by atoms with Gasteiger partial charge in [-0.2, -0.15) is 0 Å². The summed E-state index contributed by atoms with van der Waals surface area (Å²) in [6, 6.07) is 5.28. The third-order valence-electron chi connectivity index (χ3n) is 3.42. The van der Waals surface area contributed by atoms with Crippen LogP contribution in [0.15, 0.2) is 18.2 Å². The minimum Gasteiger partial charge on any atom is -0.494 e. The molecule has 1 aromatic carbocycles. The first-order valence-electron chi connectivity index (χ1n) is 6.27. The van der Waals surface area contributed by atoms with Gasteiger partial charge in [-0.3, -0.25) is 5.43 Å². The van der Waals surface area contributed by atoms with E-state index in [1.54, 1.807) is 6.07 Å². The summed E-state index contributed by atoms with van der Waals surface area (Å²) in [5.74, 6) is -0.00650. The highest BCUT2D eigenvalue weighted by Crippen LogP contribution is 2.30. The number of benzene rings is 1. The van der Waals surface area contributed by atoms with Gasteiger partial charge in [-0.15, -0.1) is 0 Å². The Kier molecular flexibility index (Phi) is 4.16. The number of methoxy groups -OCH3 is 1. The lowest BCUT2D eigenvalue weighted by atomic mass is 9.88. The first kappa shape index (κ1) is 13.3. The summed E-state index contributed by atoms with van der Waals surface area (Å²) in [6.07, 6.45) is 1.86. The molecule has 100 valence electrons. The Morgan fingerprint density at radius 2 is 2.17 bits per heavy atom. The van der Waals surface area contributed by atoms with Crippen molar-refractivity contribution >= 4 is 0 Å². The van der Waals surface area contributed by atoms with E-state index in [1.165, 1.54) is 13.2 Å². The lowest BCUT2D eigenvalue weighted by Crippen LogP contribution is -2.38. The molecule has 5 heteroatoms. The highest BCUT2D eigenvalue weighted by atomic mass is 19.1. The van der Waals surface area contributed by atoms with Gasteiger partial charge in [-0.25, -0.2) is 9.82 Å². The molecular weight excluding hydrogens is 233 g/mol. The lowest BCUT2D eigenvalue weighted by molar-refractivity contribution is 0.385. The van der Waals surface area contributed by atoms with Crippen molar-refractivity contribution in [2.75, 3.05) is 7.11 Å². The van der Waals surface area contributed by atoms with Crippen LogP contribution in [0.5, 0.6) is 5.75 Å². The molecule has 1 aromatic rings. The number of rotatable bonds is 4. The number of halogens is 1. The van der Waals surface area contributed by atoms with E-state index < -0.39 is 0 Å². The minimum atomic E-state index is -0.343. The van der Waals surface area contributed by atoms with Crippen molar-refractivity contribution in [2.45, 2.75) is 37.9 Å². The Balaban J connectivity index is 2.25. The maximum atomic E-state index is 13.7. The van der Waals surface area contributed by atoms with Gasteiger partial charge in [-0.1, -0.05) is 19.4 Å². The van der Waals surface area contributed by atoms with E-state index >= 15 is 0 Å². The van der Waals surface area contributed by atoms with Crippen LogP contribution in [-0.2, 0) is 0 Å². The molecule has 0 aromatic heterocycles. The predicted molar refractivity (Wildman–Crippen MR) is 68.6 cm³/mol. The standard InChI is InChI=1S/C13H20FN3O/c1-3-4-10-12(13(15)17-16-10)8-5-6-11(18-2)9(14)7-8/h5-7,10,12-13,16-17H,3-4,15H2,1-2H3. The van der Waals surface area contributed by atoms with E-state index in [4.69, 9.17) is 10.5 Å². The molecule has 18 heavy (non-hydrogen) atoms. The Bertz CT molecular complexity index is 411. The van der Waals surface area contributed by atoms with Crippen molar-refractivity contribution in [1.29, 1.82) is 0 Å². The largest absolute Gasteiger partial charge is 0.494 e. The molecule has 3 unspecified atom stereocenters. The topological polar surface area (TPSA) is 59.3 Å². The molecule has 1 heterocycles. The van der Waals surface area contributed by atoms with Crippen LogP contribution in [0.4, 0.5) is 4.39 Å². The highest BCUT2D eigenvalue weighted by Gasteiger charge is 2.34. The smallest absolute Gasteiger partial charge is 0.165 e. The zero-order valence-corrected chi connectivity index (χ0v) is 10.7. The number of nitrogens with two attached hydrogens (primary N) is 1. The van der Waals surface area contributed by atoms with Crippen LogP contribution in [0.1, 0.15) is 31.2 Å². The first-order chi connectivity index (χ1) is 8.67. The summed E-state index contributed by atoms with van der Waals surface area (Å²) in [5.41, 5.74) is 13.1. The Morgan fingerprint density at radius 3 is 2.78 bits per heavy atom. The van der Waals surface area contributed by atoms with E-state index in [2.05, 4.69) is 17.8 Å². The van der Waals surface area contributed by atoms with Crippen molar-refractivity contribution in [3.8, 4) is 5.75 Å². The summed E-state index contributed by atoms with van der Waals surface area (Å²) < 4.78 is 18.7. The minimum absolute atomic E-state index is 0.0744. The number of ether oxygens (including phenoxy) is 1. The molecule has 0 saturated carbocycles. The maximum absolute atomic E-state index is 13.7. The molecule has 0 amide bonds. The van der Waals surface area contributed by atoms with E-state index in [0.717, 1.165) is 18.4 Å². The second-order valence-electron chi connectivity index (χ2n) is 4.63. The third kappa shape index (κ3) is 2.48. The third-order valence-corrected chi connectivity index (χ3v) is 3.42. The van der Waals surface area contributed by atoms with Gasteiger partial charge in [0.1, 0.15) is 0 Å². The normalized spacial score (nSPS) is 27.4. The molecule has 0 bridgehead atoms. The van der Waals surface area contributed by atoms with E-state index in [1.807, 2.05) is 6.07 Å². The van der Waals surface area contributed by atoms with Crippen LogP contribution in [-0.4, -0.2) is 19.3 Å². The van der Waals surface area contributed by atoms with Crippen LogP contribution in [0.25, 0.3) is 0 Å². The van der Waals surface area contributed by atoms with E-state index in [-0.39, 0.29) is 29.7 Å². The van der Waals surface area contributed by atoms with Gasteiger partial charge in [0.2, 0.25) is 0 Å². The average Bonchev–Trinajstić information content (AvgIpc) is 2.71. The molecule has 3 atom stereocenters. The highest BCUT2D eigenvalue weighted by molar-refractivity contribution is 5.33. The van der Waals surface area contributed by atoms with Crippen LogP contribution >= 0.6 is 0 Å². The van der Waals surface area contributed by atoms with Crippen molar-refractivity contribution < 1.29 is 9.13 Å². The molecular formula is C13H20FN3O. The fourth-order valence-electron chi connectivity index (χ4n) is 2.53. The Hall–Kier alpha value is -1.17. The van der Waals surface area contributed by atoms with E-state index in [9.17, 15) is 4.39 Å². The van der Waals surface area contributed by atoms with Gasteiger partial charge in [0.15, 0.2) is 11.6 Å². The summed E-state index contributed by atoms with van der Waals surface area (Å²) in [7, 11) is 1.46. The molecule has 0 spiro atoms. The van der Waals surface area contributed by atoms with Crippen molar-refractivity contribution in [3.05, 3.63) is 29.6 Å². The van der Waals surface area contributed by atoms with Crippen LogP contribution in [0.3, 0.4) is 0 Å². The molecule has 0 radical (unpaired) electrons.